The summed E-state index contributed by atoms with van der Waals surface area (Å²) in [7, 11) is -1.89. The summed E-state index contributed by atoms with van der Waals surface area (Å²) in [6.07, 6.45) is 4.40. The predicted molar refractivity (Wildman–Crippen MR) is 77.3 cm³/mol. The van der Waals surface area contributed by atoms with Crippen molar-refractivity contribution >= 4 is 34.0 Å². The van der Waals surface area contributed by atoms with Gasteiger partial charge in [-0.05, 0) is 32.0 Å². The van der Waals surface area contributed by atoms with E-state index in [4.69, 9.17) is 11.6 Å². The van der Waals surface area contributed by atoms with Gasteiger partial charge in [0.15, 0.2) is 0 Å². The van der Waals surface area contributed by atoms with Crippen molar-refractivity contribution in [3.63, 3.8) is 0 Å². The van der Waals surface area contributed by atoms with Gasteiger partial charge in [0, 0.05) is 25.5 Å². The van der Waals surface area contributed by atoms with Crippen LogP contribution < -0.4 is 5.32 Å². The van der Waals surface area contributed by atoms with Gasteiger partial charge >= 0.3 is 0 Å². The molecular weight excluding hydrogens is 309 g/mol. The van der Waals surface area contributed by atoms with E-state index in [-0.39, 0.29) is 23.3 Å². The standard InChI is InChI=1S/C11H16ClN3O2S.ClH/c1-15(10-2-4-13-5-3-10)18(16,17)11-6-9(12)7-14-8-11;/h6-8,10,13H,2-5H2,1H3;1H. The summed E-state index contributed by atoms with van der Waals surface area (Å²) < 4.78 is 26.2. The number of hydrogen-bond acceptors (Lipinski definition) is 4. The molecule has 1 aromatic rings. The molecule has 0 saturated carbocycles. The van der Waals surface area contributed by atoms with E-state index >= 15 is 0 Å². The number of rotatable bonds is 3. The highest BCUT2D eigenvalue weighted by Crippen LogP contribution is 2.21. The lowest BCUT2D eigenvalue weighted by molar-refractivity contribution is 0.296. The van der Waals surface area contributed by atoms with Crippen molar-refractivity contribution in [2.45, 2.75) is 23.8 Å². The van der Waals surface area contributed by atoms with Gasteiger partial charge in [-0.15, -0.1) is 12.4 Å². The van der Waals surface area contributed by atoms with Gasteiger partial charge in [0.05, 0.1) is 5.02 Å². The minimum atomic E-state index is -3.50. The van der Waals surface area contributed by atoms with Crippen LogP contribution in [0.15, 0.2) is 23.4 Å². The Morgan fingerprint density at radius 2 is 2.00 bits per heavy atom. The van der Waals surface area contributed by atoms with Gasteiger partial charge in [0.1, 0.15) is 4.90 Å². The highest BCUT2D eigenvalue weighted by Gasteiger charge is 2.29. The van der Waals surface area contributed by atoms with Crippen LogP contribution in [-0.2, 0) is 10.0 Å². The fourth-order valence-electron chi connectivity index (χ4n) is 2.07. The number of pyridine rings is 1. The third-order valence-electron chi connectivity index (χ3n) is 3.18. The Morgan fingerprint density at radius 1 is 1.37 bits per heavy atom. The van der Waals surface area contributed by atoms with Gasteiger partial charge in [0.25, 0.3) is 0 Å². The molecule has 1 saturated heterocycles. The molecule has 0 aromatic carbocycles. The molecule has 108 valence electrons. The molecular formula is C11H17Cl2N3O2S. The normalized spacial score (nSPS) is 17.2. The monoisotopic (exact) mass is 325 g/mol. The second kappa shape index (κ2) is 6.85. The molecule has 0 aliphatic carbocycles. The molecule has 8 heteroatoms. The molecule has 0 atom stereocenters. The number of hydrogen-bond donors (Lipinski definition) is 1. The summed E-state index contributed by atoms with van der Waals surface area (Å²) in [6, 6.07) is 1.47. The quantitative estimate of drug-likeness (QED) is 0.915. The minimum Gasteiger partial charge on any atom is -0.317 e. The number of nitrogens with one attached hydrogen (secondary N) is 1. The number of nitrogens with zero attached hydrogens (tertiary/aromatic N) is 2. The maximum atomic E-state index is 12.4. The van der Waals surface area contributed by atoms with E-state index in [9.17, 15) is 8.42 Å². The summed E-state index contributed by atoms with van der Waals surface area (Å²) in [5, 5.41) is 3.54. The molecule has 1 aromatic heterocycles. The maximum absolute atomic E-state index is 12.4. The molecule has 1 aliphatic heterocycles. The summed E-state index contributed by atoms with van der Waals surface area (Å²) in [4.78, 5) is 3.98. The lowest BCUT2D eigenvalue weighted by Gasteiger charge is -2.30. The maximum Gasteiger partial charge on any atom is 0.244 e. The van der Waals surface area contributed by atoms with Crippen LogP contribution in [0, 0.1) is 0 Å². The molecule has 0 bridgehead atoms. The first kappa shape index (κ1) is 16.7. The van der Waals surface area contributed by atoms with Crippen LogP contribution >= 0.6 is 24.0 Å². The van der Waals surface area contributed by atoms with E-state index in [1.165, 1.54) is 22.8 Å². The molecule has 19 heavy (non-hydrogen) atoms. The molecule has 2 rings (SSSR count). The Labute approximate surface area is 124 Å². The zero-order valence-electron chi connectivity index (χ0n) is 10.5. The Kier molecular flexibility index (Phi) is 6.01. The largest absolute Gasteiger partial charge is 0.317 e. The molecule has 1 N–H and O–H groups in total. The van der Waals surface area contributed by atoms with Gasteiger partial charge in [0.2, 0.25) is 10.0 Å². The van der Waals surface area contributed by atoms with Crippen LogP contribution in [0.5, 0.6) is 0 Å². The molecule has 0 unspecified atom stereocenters. The van der Waals surface area contributed by atoms with E-state index in [2.05, 4.69) is 10.3 Å². The van der Waals surface area contributed by atoms with E-state index in [0.717, 1.165) is 25.9 Å². The topological polar surface area (TPSA) is 62.3 Å². The third-order valence-corrected chi connectivity index (χ3v) is 5.26. The average molecular weight is 326 g/mol. The van der Waals surface area contributed by atoms with Gasteiger partial charge in [-0.2, -0.15) is 4.31 Å². The Balaban J connectivity index is 0.00000180. The first-order valence-electron chi connectivity index (χ1n) is 5.81. The zero-order chi connectivity index (χ0) is 13.2. The van der Waals surface area contributed by atoms with E-state index in [1.807, 2.05) is 0 Å². The van der Waals surface area contributed by atoms with E-state index < -0.39 is 10.0 Å². The molecule has 1 fully saturated rings. The minimum absolute atomic E-state index is 0. The molecule has 0 amide bonds. The van der Waals surface area contributed by atoms with Crippen molar-refractivity contribution < 1.29 is 8.42 Å². The Bertz CT molecular complexity index is 518. The average Bonchev–Trinajstić information content (AvgIpc) is 2.39. The first-order valence-corrected chi connectivity index (χ1v) is 7.63. The summed E-state index contributed by atoms with van der Waals surface area (Å²) >= 11 is 5.79. The first-order chi connectivity index (χ1) is 8.51. The lowest BCUT2D eigenvalue weighted by Crippen LogP contribution is -2.43. The summed E-state index contributed by atoms with van der Waals surface area (Å²) in [6.45, 7) is 1.69. The second-order valence-electron chi connectivity index (χ2n) is 4.34. The van der Waals surface area contributed by atoms with Crippen LogP contribution in [0.4, 0.5) is 0 Å². The SMILES string of the molecule is CN(C1CCNCC1)S(=O)(=O)c1cncc(Cl)c1.Cl. The van der Waals surface area contributed by atoms with Crippen LogP contribution in [0.2, 0.25) is 5.02 Å². The van der Waals surface area contributed by atoms with Crippen LogP contribution in [0.3, 0.4) is 0 Å². The fraction of sp³-hybridized carbons (Fsp3) is 0.545. The summed E-state index contributed by atoms with van der Waals surface area (Å²) in [5.41, 5.74) is 0. The Hall–Kier alpha value is -0.400. The third kappa shape index (κ3) is 3.79. The molecule has 1 aliphatic rings. The van der Waals surface area contributed by atoms with Crippen molar-refractivity contribution in [2.75, 3.05) is 20.1 Å². The van der Waals surface area contributed by atoms with Gasteiger partial charge < -0.3 is 5.32 Å². The number of piperidine rings is 1. The molecule has 0 spiro atoms. The number of aromatic nitrogens is 1. The van der Waals surface area contributed by atoms with Crippen LogP contribution in [0.1, 0.15) is 12.8 Å². The zero-order valence-corrected chi connectivity index (χ0v) is 12.9. The summed E-state index contributed by atoms with van der Waals surface area (Å²) in [5.74, 6) is 0. The van der Waals surface area contributed by atoms with Crippen molar-refractivity contribution in [2.24, 2.45) is 0 Å². The van der Waals surface area contributed by atoms with Gasteiger partial charge in [-0.25, -0.2) is 8.42 Å². The van der Waals surface area contributed by atoms with Crippen molar-refractivity contribution in [1.29, 1.82) is 0 Å². The second-order valence-corrected chi connectivity index (χ2v) is 6.78. The van der Waals surface area contributed by atoms with Gasteiger partial charge in [-0.1, -0.05) is 11.6 Å². The number of sulfonamides is 1. The molecule has 2 heterocycles. The highest BCUT2D eigenvalue weighted by molar-refractivity contribution is 7.89. The lowest BCUT2D eigenvalue weighted by atomic mass is 10.1. The number of halogens is 2. The van der Waals surface area contributed by atoms with E-state index in [1.54, 1.807) is 7.05 Å². The molecule has 0 radical (unpaired) electrons. The molecule has 5 nitrogen and oxygen atoms in total. The van der Waals surface area contributed by atoms with Crippen LogP contribution in [-0.4, -0.2) is 43.9 Å². The smallest absolute Gasteiger partial charge is 0.244 e. The predicted octanol–water partition coefficient (Wildman–Crippen LogP) is 1.53. The van der Waals surface area contributed by atoms with Crippen molar-refractivity contribution in [3.8, 4) is 0 Å². The highest BCUT2D eigenvalue weighted by atomic mass is 35.5. The van der Waals surface area contributed by atoms with Gasteiger partial charge in [-0.3, -0.25) is 4.98 Å². The van der Waals surface area contributed by atoms with Crippen LogP contribution in [0.25, 0.3) is 0 Å². The fourth-order valence-corrected chi connectivity index (χ4v) is 3.71. The van der Waals surface area contributed by atoms with E-state index in [0.29, 0.717) is 5.02 Å². The van der Waals surface area contributed by atoms with Crippen molar-refractivity contribution in [3.05, 3.63) is 23.5 Å². The van der Waals surface area contributed by atoms with Crippen molar-refractivity contribution in [1.82, 2.24) is 14.6 Å². The Morgan fingerprint density at radius 3 is 2.58 bits per heavy atom.